The van der Waals surface area contributed by atoms with Crippen LogP contribution in [0.3, 0.4) is 0 Å². The van der Waals surface area contributed by atoms with E-state index in [2.05, 4.69) is 115 Å². The van der Waals surface area contributed by atoms with E-state index in [4.69, 9.17) is 4.98 Å². The summed E-state index contributed by atoms with van der Waals surface area (Å²) in [6, 6.07) is 31.3. The summed E-state index contributed by atoms with van der Waals surface area (Å²) in [5.74, 6) is 0.909. The zero-order valence-corrected chi connectivity index (χ0v) is 21.7. The minimum Gasteiger partial charge on any atom is -0.340 e. The van der Waals surface area contributed by atoms with E-state index in [1.807, 2.05) is 12.3 Å². The first-order chi connectivity index (χ1) is 16.1. The first kappa shape index (κ1) is 22.3. The van der Waals surface area contributed by atoms with Crippen LogP contribution in [0.4, 0.5) is 0 Å². The van der Waals surface area contributed by atoms with Gasteiger partial charge in [0.1, 0.15) is 0 Å². The summed E-state index contributed by atoms with van der Waals surface area (Å²) < 4.78 is 4.54. The molecular formula is C30H24IrN3-. The van der Waals surface area contributed by atoms with Crippen LogP contribution < -0.4 is 0 Å². The zero-order valence-electron chi connectivity index (χ0n) is 19.3. The first-order valence-corrected chi connectivity index (χ1v) is 11.2. The van der Waals surface area contributed by atoms with Gasteiger partial charge in [-0.2, -0.15) is 0 Å². The minimum absolute atomic E-state index is 0. The fourth-order valence-corrected chi connectivity index (χ4v) is 5.21. The van der Waals surface area contributed by atoms with E-state index >= 15 is 0 Å². The van der Waals surface area contributed by atoms with Crippen molar-refractivity contribution < 1.29 is 20.1 Å². The molecule has 2 aromatic heterocycles. The number of benzene rings is 4. The number of para-hydroxylation sites is 2. The Hall–Kier alpha value is -3.46. The van der Waals surface area contributed by atoms with E-state index < -0.39 is 0 Å². The van der Waals surface area contributed by atoms with Crippen LogP contribution in [-0.4, -0.2) is 14.1 Å². The predicted octanol–water partition coefficient (Wildman–Crippen LogP) is 7.36. The number of fused-ring (bicyclic) bond motifs is 3. The Balaban J connectivity index is 0.00000241. The van der Waals surface area contributed by atoms with Gasteiger partial charge in [0.05, 0.1) is 5.82 Å². The van der Waals surface area contributed by atoms with E-state index in [9.17, 15) is 0 Å². The van der Waals surface area contributed by atoms with Gasteiger partial charge in [-0.1, -0.05) is 65.0 Å². The number of imidazole rings is 1. The number of aryl methyl sites for hydroxylation is 3. The number of hydrogen-bond acceptors (Lipinski definition) is 1. The molecule has 0 N–H and O–H groups in total. The molecule has 0 atom stereocenters. The topological polar surface area (TPSA) is 22.8 Å². The molecule has 0 amide bonds. The molecule has 0 fully saturated rings. The maximum atomic E-state index is 4.83. The molecule has 6 rings (SSSR count). The van der Waals surface area contributed by atoms with E-state index in [0.29, 0.717) is 0 Å². The number of rotatable bonds is 3. The average molecular weight is 619 g/mol. The number of aromatic nitrogens is 3. The van der Waals surface area contributed by atoms with E-state index in [1.165, 1.54) is 38.7 Å². The van der Waals surface area contributed by atoms with Crippen molar-refractivity contribution in [1.29, 1.82) is 0 Å². The molecule has 0 aliphatic carbocycles. The molecule has 34 heavy (non-hydrogen) atoms. The first-order valence-electron chi connectivity index (χ1n) is 11.2. The maximum absolute atomic E-state index is 4.83. The molecule has 0 saturated carbocycles. The van der Waals surface area contributed by atoms with Crippen LogP contribution in [0.25, 0.3) is 44.6 Å². The number of hydrogen-bond donors (Lipinski definition) is 0. The second-order valence-corrected chi connectivity index (χ2v) is 8.67. The zero-order chi connectivity index (χ0) is 22.5. The fourth-order valence-electron chi connectivity index (χ4n) is 5.21. The van der Waals surface area contributed by atoms with E-state index in [1.54, 1.807) is 0 Å². The average Bonchev–Trinajstić information content (AvgIpc) is 3.42. The molecule has 0 unspecified atom stereocenters. The second kappa shape index (κ2) is 8.72. The Morgan fingerprint density at radius 2 is 1.50 bits per heavy atom. The molecule has 2 heterocycles. The van der Waals surface area contributed by atoms with Crippen molar-refractivity contribution in [2.45, 2.75) is 20.8 Å². The van der Waals surface area contributed by atoms with Gasteiger partial charge in [0.25, 0.3) is 0 Å². The molecule has 0 aliphatic heterocycles. The third kappa shape index (κ3) is 3.42. The molecule has 6 aromatic rings. The van der Waals surface area contributed by atoms with E-state index in [0.717, 1.165) is 22.6 Å². The molecular weight excluding hydrogens is 595 g/mol. The van der Waals surface area contributed by atoms with Crippen molar-refractivity contribution in [3.05, 3.63) is 114 Å². The van der Waals surface area contributed by atoms with Gasteiger partial charge in [-0.25, -0.2) is 0 Å². The molecule has 0 aliphatic rings. The normalized spacial score (nSPS) is 11.1. The predicted molar refractivity (Wildman–Crippen MR) is 136 cm³/mol. The van der Waals surface area contributed by atoms with Crippen LogP contribution in [0.15, 0.2) is 91.3 Å². The van der Waals surface area contributed by atoms with Gasteiger partial charge in [-0.15, -0.1) is 18.2 Å². The van der Waals surface area contributed by atoms with Crippen LogP contribution in [0.2, 0.25) is 0 Å². The molecule has 3 nitrogen and oxygen atoms in total. The summed E-state index contributed by atoms with van der Waals surface area (Å²) in [4.78, 5) is 4.83. The molecule has 0 bridgehead atoms. The Kier molecular flexibility index (Phi) is 5.73. The Morgan fingerprint density at radius 3 is 2.26 bits per heavy atom. The van der Waals surface area contributed by atoms with Crippen LogP contribution in [-0.2, 0) is 20.1 Å². The van der Waals surface area contributed by atoms with Crippen LogP contribution in [0.1, 0.15) is 16.7 Å². The molecule has 0 saturated heterocycles. The van der Waals surface area contributed by atoms with Crippen LogP contribution in [0, 0.1) is 26.8 Å². The molecule has 169 valence electrons. The third-order valence-corrected chi connectivity index (χ3v) is 6.39. The number of nitrogens with zero attached hydrogens (tertiary/aromatic N) is 3. The summed E-state index contributed by atoms with van der Waals surface area (Å²) in [5.41, 5.74) is 9.44. The van der Waals surface area contributed by atoms with Crippen molar-refractivity contribution in [3.63, 3.8) is 0 Å². The molecule has 4 aromatic carbocycles. The summed E-state index contributed by atoms with van der Waals surface area (Å²) >= 11 is 0. The summed E-state index contributed by atoms with van der Waals surface area (Å²) in [5, 5.41) is 2.38. The van der Waals surface area contributed by atoms with Gasteiger partial charge in [0.2, 0.25) is 0 Å². The van der Waals surface area contributed by atoms with Crippen molar-refractivity contribution >= 4 is 21.8 Å². The molecule has 4 heteroatoms. The van der Waals surface area contributed by atoms with Gasteiger partial charge >= 0.3 is 0 Å². The molecule has 1 radical (unpaired) electrons. The smallest absolute Gasteiger partial charge is 0.0609 e. The standard InChI is InChI=1S/C30H24N3.Ir/c1-20-18-21(2)29(22(3)19-20)32-17-16-31-30(32)25-13-9-15-27-28(25)24-12-7-8-14-26(24)33(27)23-10-5-4-6-11-23;/h4-12,14-19H,1-3H3;/q-1;. The summed E-state index contributed by atoms with van der Waals surface area (Å²) in [6.07, 6.45) is 3.94. The van der Waals surface area contributed by atoms with Crippen molar-refractivity contribution in [3.8, 4) is 22.8 Å². The van der Waals surface area contributed by atoms with Crippen LogP contribution in [0.5, 0.6) is 0 Å². The Labute approximate surface area is 213 Å². The second-order valence-electron chi connectivity index (χ2n) is 8.67. The summed E-state index contributed by atoms with van der Waals surface area (Å²) in [6.45, 7) is 6.49. The Morgan fingerprint density at radius 1 is 0.794 bits per heavy atom. The van der Waals surface area contributed by atoms with Crippen LogP contribution >= 0.6 is 0 Å². The van der Waals surface area contributed by atoms with Gasteiger partial charge in [-0.05, 0) is 61.0 Å². The van der Waals surface area contributed by atoms with Crippen molar-refractivity contribution in [2.24, 2.45) is 0 Å². The fraction of sp³-hybridized carbons (Fsp3) is 0.100. The van der Waals surface area contributed by atoms with E-state index in [-0.39, 0.29) is 20.1 Å². The minimum atomic E-state index is 0. The van der Waals surface area contributed by atoms with Crippen molar-refractivity contribution in [1.82, 2.24) is 14.1 Å². The molecule has 0 spiro atoms. The maximum Gasteiger partial charge on any atom is 0.0609 e. The Bertz CT molecular complexity index is 1620. The third-order valence-electron chi connectivity index (χ3n) is 6.39. The summed E-state index contributed by atoms with van der Waals surface area (Å²) in [7, 11) is 0. The van der Waals surface area contributed by atoms with Crippen molar-refractivity contribution in [2.75, 3.05) is 0 Å². The van der Waals surface area contributed by atoms with Gasteiger partial charge in [-0.3, -0.25) is 4.98 Å². The van der Waals surface area contributed by atoms with Gasteiger partial charge in [0, 0.05) is 49.4 Å². The monoisotopic (exact) mass is 619 g/mol. The van der Waals surface area contributed by atoms with Gasteiger partial charge in [0.15, 0.2) is 0 Å². The SMILES string of the molecule is Cc1cc(C)c(-n2ccnc2-c2[c-]ccc3c2c2ccccc2n3-c2ccccc2)c(C)c1.[Ir]. The largest absolute Gasteiger partial charge is 0.340 e. The quantitative estimate of drug-likeness (QED) is 0.190. The van der Waals surface area contributed by atoms with Gasteiger partial charge < -0.3 is 9.13 Å².